The molecule has 4 heteroatoms. The fourth-order valence-electron chi connectivity index (χ4n) is 2.00. The summed E-state index contributed by atoms with van der Waals surface area (Å²) >= 11 is 5.90. The van der Waals surface area contributed by atoms with E-state index in [9.17, 15) is 13.9 Å². The van der Waals surface area contributed by atoms with Crippen LogP contribution in [0.25, 0.3) is 0 Å². The fraction of sp³-hybridized carbons (Fsp3) is 0.200. The van der Waals surface area contributed by atoms with E-state index in [-0.39, 0.29) is 17.0 Å². The highest BCUT2D eigenvalue weighted by atomic mass is 35.5. The predicted molar refractivity (Wildman–Crippen MR) is 71.2 cm³/mol. The van der Waals surface area contributed by atoms with Crippen LogP contribution in [0.3, 0.4) is 0 Å². The summed E-state index contributed by atoms with van der Waals surface area (Å²) in [5.74, 6) is -0.895. The molecule has 0 fully saturated rings. The van der Waals surface area contributed by atoms with Gasteiger partial charge < -0.3 is 5.11 Å². The van der Waals surface area contributed by atoms with E-state index in [2.05, 4.69) is 0 Å². The van der Waals surface area contributed by atoms with E-state index in [0.717, 1.165) is 0 Å². The Morgan fingerprint density at radius 3 is 2.58 bits per heavy atom. The van der Waals surface area contributed by atoms with Crippen LogP contribution in [0.15, 0.2) is 36.4 Å². The number of aliphatic hydroxyl groups excluding tert-OH is 1. The summed E-state index contributed by atoms with van der Waals surface area (Å²) in [7, 11) is 0. The summed E-state index contributed by atoms with van der Waals surface area (Å²) in [4.78, 5) is 0. The molecule has 1 N–H and O–H groups in total. The first-order valence-corrected chi connectivity index (χ1v) is 6.23. The van der Waals surface area contributed by atoms with Gasteiger partial charge in [0.05, 0.1) is 6.10 Å². The molecule has 2 rings (SSSR count). The number of aliphatic hydroxyl groups is 1. The monoisotopic (exact) mass is 282 g/mol. The van der Waals surface area contributed by atoms with Crippen molar-refractivity contribution < 1.29 is 13.9 Å². The smallest absolute Gasteiger partial charge is 0.127 e. The molecule has 0 aliphatic rings. The molecular formula is C15H13ClF2O. The second kappa shape index (κ2) is 5.68. The summed E-state index contributed by atoms with van der Waals surface area (Å²) in [6.07, 6.45) is -0.988. The van der Waals surface area contributed by atoms with Crippen LogP contribution in [0.4, 0.5) is 8.78 Å². The number of hydrogen-bond acceptors (Lipinski definition) is 1. The summed E-state index contributed by atoms with van der Waals surface area (Å²) in [6.45, 7) is 1.73. The van der Waals surface area contributed by atoms with Gasteiger partial charge in [-0.2, -0.15) is 0 Å². The predicted octanol–water partition coefficient (Wildman–Crippen LogP) is 4.20. The summed E-state index contributed by atoms with van der Waals surface area (Å²) in [5.41, 5.74) is 1.35. The third-order valence-electron chi connectivity index (χ3n) is 2.91. The molecule has 1 atom stereocenters. The molecule has 0 aliphatic heterocycles. The van der Waals surface area contributed by atoms with Crippen LogP contribution in [0.5, 0.6) is 0 Å². The number of halogens is 3. The molecule has 0 saturated carbocycles. The van der Waals surface area contributed by atoms with E-state index in [0.29, 0.717) is 11.1 Å². The van der Waals surface area contributed by atoms with Gasteiger partial charge in [0.25, 0.3) is 0 Å². The third-order valence-corrected chi connectivity index (χ3v) is 3.26. The number of rotatable bonds is 3. The first kappa shape index (κ1) is 14.0. The Kier molecular flexibility index (Phi) is 4.17. The quantitative estimate of drug-likeness (QED) is 0.894. The third kappa shape index (κ3) is 3.31. The zero-order valence-corrected chi connectivity index (χ0v) is 11.1. The van der Waals surface area contributed by atoms with Gasteiger partial charge in [0.2, 0.25) is 0 Å². The normalized spacial score (nSPS) is 12.5. The van der Waals surface area contributed by atoms with Crippen molar-refractivity contribution >= 4 is 11.6 Å². The second-order valence-electron chi connectivity index (χ2n) is 4.48. The molecule has 0 amide bonds. The molecule has 1 nitrogen and oxygen atoms in total. The van der Waals surface area contributed by atoms with E-state index < -0.39 is 17.7 Å². The van der Waals surface area contributed by atoms with Gasteiger partial charge in [-0.25, -0.2) is 8.78 Å². The van der Waals surface area contributed by atoms with Crippen molar-refractivity contribution in [2.24, 2.45) is 0 Å². The largest absolute Gasteiger partial charge is 0.388 e. The maximum atomic E-state index is 13.6. The van der Waals surface area contributed by atoms with Crippen molar-refractivity contribution in [3.63, 3.8) is 0 Å². The highest BCUT2D eigenvalue weighted by molar-refractivity contribution is 6.31. The first-order chi connectivity index (χ1) is 8.97. The molecule has 0 bridgehead atoms. The zero-order chi connectivity index (χ0) is 14.0. The molecule has 0 aliphatic carbocycles. The molecule has 0 saturated heterocycles. The van der Waals surface area contributed by atoms with Crippen molar-refractivity contribution in [1.82, 2.24) is 0 Å². The number of hydrogen-bond donors (Lipinski definition) is 1. The molecule has 0 heterocycles. The van der Waals surface area contributed by atoms with Crippen LogP contribution in [0, 0.1) is 18.6 Å². The van der Waals surface area contributed by atoms with Crippen LogP contribution in [0.2, 0.25) is 5.02 Å². The molecular weight excluding hydrogens is 270 g/mol. The lowest BCUT2D eigenvalue weighted by molar-refractivity contribution is 0.176. The molecule has 0 aromatic heterocycles. The van der Waals surface area contributed by atoms with E-state index in [1.807, 2.05) is 0 Å². The number of aryl methyl sites for hydroxylation is 1. The van der Waals surface area contributed by atoms with Crippen molar-refractivity contribution in [2.75, 3.05) is 0 Å². The highest BCUT2D eigenvalue weighted by Crippen LogP contribution is 2.26. The van der Waals surface area contributed by atoms with Crippen LogP contribution in [0.1, 0.15) is 22.8 Å². The van der Waals surface area contributed by atoms with Crippen molar-refractivity contribution in [3.8, 4) is 0 Å². The first-order valence-electron chi connectivity index (χ1n) is 5.85. The maximum Gasteiger partial charge on any atom is 0.127 e. The summed E-state index contributed by atoms with van der Waals surface area (Å²) < 4.78 is 26.9. The minimum Gasteiger partial charge on any atom is -0.388 e. The molecule has 0 radical (unpaired) electrons. The molecule has 100 valence electrons. The van der Waals surface area contributed by atoms with Crippen molar-refractivity contribution in [2.45, 2.75) is 19.4 Å². The Morgan fingerprint density at radius 1 is 1.21 bits per heavy atom. The molecule has 0 spiro atoms. The number of benzene rings is 2. The minimum absolute atomic E-state index is 0.00833. The lowest BCUT2D eigenvalue weighted by Crippen LogP contribution is -2.05. The summed E-state index contributed by atoms with van der Waals surface area (Å²) in [6, 6.07) is 8.62. The van der Waals surface area contributed by atoms with Crippen LogP contribution < -0.4 is 0 Å². The van der Waals surface area contributed by atoms with Crippen molar-refractivity contribution in [3.05, 3.63) is 69.7 Å². The Labute approximate surface area is 115 Å². The minimum atomic E-state index is -0.996. The van der Waals surface area contributed by atoms with Crippen LogP contribution in [-0.4, -0.2) is 5.11 Å². The SMILES string of the molecule is Cc1cc(F)cc(C(O)Cc2c(F)cccc2Cl)c1. The van der Waals surface area contributed by atoms with Gasteiger partial charge in [0.15, 0.2) is 0 Å². The molecule has 2 aromatic rings. The molecule has 1 unspecified atom stereocenters. The van der Waals surface area contributed by atoms with Gasteiger partial charge in [0, 0.05) is 17.0 Å². The van der Waals surface area contributed by atoms with E-state index >= 15 is 0 Å². The lowest BCUT2D eigenvalue weighted by atomic mass is 9.99. The van der Waals surface area contributed by atoms with Crippen molar-refractivity contribution in [1.29, 1.82) is 0 Å². The summed E-state index contributed by atoms with van der Waals surface area (Å²) in [5, 5.41) is 10.3. The fourth-order valence-corrected chi connectivity index (χ4v) is 2.24. The Morgan fingerprint density at radius 2 is 1.95 bits per heavy atom. The molecule has 2 aromatic carbocycles. The van der Waals surface area contributed by atoms with Gasteiger partial charge in [-0.1, -0.05) is 23.7 Å². The average Bonchev–Trinajstić information content (AvgIpc) is 2.32. The molecule has 19 heavy (non-hydrogen) atoms. The van der Waals surface area contributed by atoms with Gasteiger partial charge in [-0.05, 0) is 42.3 Å². The second-order valence-corrected chi connectivity index (χ2v) is 4.89. The standard InChI is InChI=1S/C15H13ClF2O/c1-9-5-10(7-11(17)6-9)15(19)8-12-13(16)3-2-4-14(12)18/h2-7,15,19H,8H2,1H3. The lowest BCUT2D eigenvalue weighted by Gasteiger charge is -2.13. The topological polar surface area (TPSA) is 20.2 Å². The van der Waals surface area contributed by atoms with Crippen LogP contribution in [-0.2, 0) is 6.42 Å². The Balaban J connectivity index is 2.28. The van der Waals surface area contributed by atoms with Gasteiger partial charge in [-0.15, -0.1) is 0 Å². The van der Waals surface area contributed by atoms with E-state index in [1.54, 1.807) is 19.1 Å². The van der Waals surface area contributed by atoms with Gasteiger partial charge in [0.1, 0.15) is 11.6 Å². The van der Waals surface area contributed by atoms with E-state index in [1.165, 1.54) is 24.3 Å². The van der Waals surface area contributed by atoms with E-state index in [4.69, 9.17) is 11.6 Å². The van der Waals surface area contributed by atoms with Gasteiger partial charge in [-0.3, -0.25) is 0 Å². The van der Waals surface area contributed by atoms with Crippen LogP contribution >= 0.6 is 11.6 Å². The zero-order valence-electron chi connectivity index (χ0n) is 10.3. The average molecular weight is 283 g/mol. The maximum absolute atomic E-state index is 13.6. The van der Waals surface area contributed by atoms with Gasteiger partial charge >= 0.3 is 0 Å². The Hall–Kier alpha value is -1.45. The Bertz CT molecular complexity index is 558. The highest BCUT2D eigenvalue weighted by Gasteiger charge is 2.15.